The second kappa shape index (κ2) is 5.62. The van der Waals surface area contributed by atoms with Crippen LogP contribution in [0.1, 0.15) is 10.4 Å². The molecule has 0 radical (unpaired) electrons. The zero-order valence-corrected chi connectivity index (χ0v) is 11.7. The van der Waals surface area contributed by atoms with Crippen LogP contribution in [0.3, 0.4) is 0 Å². The molecular weight excluding hydrogens is 325 g/mol. The van der Waals surface area contributed by atoms with Gasteiger partial charge in [-0.1, -0.05) is 11.6 Å². The molecule has 1 heterocycles. The van der Waals surface area contributed by atoms with Crippen molar-refractivity contribution >= 4 is 33.4 Å². The molecule has 0 fully saturated rings. The van der Waals surface area contributed by atoms with Crippen LogP contribution in [0.5, 0.6) is 0 Å². The van der Waals surface area contributed by atoms with Gasteiger partial charge in [-0.2, -0.15) is 0 Å². The van der Waals surface area contributed by atoms with Crippen molar-refractivity contribution in [2.24, 2.45) is 0 Å². The van der Waals surface area contributed by atoms with Crippen molar-refractivity contribution in [2.75, 3.05) is 4.72 Å². The summed E-state index contributed by atoms with van der Waals surface area (Å²) >= 11 is 5.48. The summed E-state index contributed by atoms with van der Waals surface area (Å²) in [6.07, 6.45) is 3.73. The predicted molar refractivity (Wildman–Crippen MR) is 71.2 cm³/mol. The molecule has 2 rings (SSSR count). The molecule has 1 aromatic carbocycles. The molecule has 10 heteroatoms. The number of aromatic nitrogens is 2. The topological polar surface area (TPSA) is 109 Å². The highest BCUT2D eigenvalue weighted by Crippen LogP contribution is 2.25. The van der Waals surface area contributed by atoms with E-state index < -0.39 is 37.3 Å². The van der Waals surface area contributed by atoms with Crippen LogP contribution in [0.2, 0.25) is 5.02 Å². The fourth-order valence-electron chi connectivity index (χ4n) is 1.42. The van der Waals surface area contributed by atoms with Crippen LogP contribution in [0.4, 0.5) is 10.2 Å². The molecule has 1 aromatic heterocycles. The van der Waals surface area contributed by atoms with Gasteiger partial charge in [0.2, 0.25) is 0 Å². The van der Waals surface area contributed by atoms with E-state index in [4.69, 9.17) is 16.7 Å². The SMILES string of the molecule is O=C(O)c1cc(S(=O)(=O)Nc2cnccn2)cc(F)c1Cl. The Labute approximate surface area is 123 Å². The summed E-state index contributed by atoms with van der Waals surface area (Å²) in [6.45, 7) is 0. The number of aromatic carboxylic acids is 1. The predicted octanol–water partition coefficient (Wildman–Crippen LogP) is 1.77. The Morgan fingerprint density at radius 1 is 1.33 bits per heavy atom. The average molecular weight is 332 g/mol. The van der Waals surface area contributed by atoms with Gasteiger partial charge in [0.25, 0.3) is 10.0 Å². The van der Waals surface area contributed by atoms with Gasteiger partial charge in [-0.25, -0.2) is 22.6 Å². The summed E-state index contributed by atoms with van der Waals surface area (Å²) in [6, 6.07) is 1.37. The Morgan fingerprint density at radius 2 is 2.05 bits per heavy atom. The van der Waals surface area contributed by atoms with E-state index in [1.54, 1.807) is 0 Å². The van der Waals surface area contributed by atoms with Crippen molar-refractivity contribution in [2.45, 2.75) is 4.90 Å². The maximum atomic E-state index is 13.6. The maximum absolute atomic E-state index is 13.6. The van der Waals surface area contributed by atoms with Crippen LogP contribution in [0.15, 0.2) is 35.6 Å². The highest BCUT2D eigenvalue weighted by Gasteiger charge is 2.22. The van der Waals surface area contributed by atoms with Gasteiger partial charge in [-0.05, 0) is 12.1 Å². The van der Waals surface area contributed by atoms with Gasteiger partial charge < -0.3 is 5.11 Å². The van der Waals surface area contributed by atoms with Gasteiger partial charge in [-0.15, -0.1) is 0 Å². The summed E-state index contributed by atoms with van der Waals surface area (Å²) in [7, 11) is -4.22. The molecule has 0 aliphatic rings. The van der Waals surface area contributed by atoms with Gasteiger partial charge in [0.1, 0.15) is 5.82 Å². The number of sulfonamides is 1. The van der Waals surface area contributed by atoms with E-state index in [2.05, 4.69) is 9.97 Å². The molecular formula is C11H7ClFN3O4S. The Kier molecular flexibility index (Phi) is 4.05. The third kappa shape index (κ3) is 3.26. The van der Waals surface area contributed by atoms with Crippen molar-refractivity contribution in [1.82, 2.24) is 9.97 Å². The molecule has 0 saturated carbocycles. The summed E-state index contributed by atoms with van der Waals surface area (Å²) in [4.78, 5) is 17.7. The Bertz CT molecular complexity index is 799. The zero-order chi connectivity index (χ0) is 15.6. The molecule has 110 valence electrons. The third-order valence-electron chi connectivity index (χ3n) is 2.34. The van der Waals surface area contributed by atoms with Crippen LogP contribution in [0.25, 0.3) is 0 Å². The smallest absolute Gasteiger partial charge is 0.337 e. The molecule has 2 N–H and O–H groups in total. The van der Waals surface area contributed by atoms with Crippen molar-refractivity contribution in [3.05, 3.63) is 47.1 Å². The van der Waals surface area contributed by atoms with Gasteiger partial charge in [0.15, 0.2) is 5.82 Å². The first-order valence-electron chi connectivity index (χ1n) is 5.32. The lowest BCUT2D eigenvalue weighted by atomic mass is 10.2. The van der Waals surface area contributed by atoms with E-state index in [9.17, 15) is 17.6 Å². The molecule has 0 unspecified atom stereocenters. The average Bonchev–Trinajstić information content (AvgIpc) is 2.41. The summed E-state index contributed by atoms with van der Waals surface area (Å²) in [5, 5.41) is 8.22. The molecule has 7 nitrogen and oxygen atoms in total. The van der Waals surface area contributed by atoms with Crippen LogP contribution in [-0.4, -0.2) is 29.5 Å². The summed E-state index contributed by atoms with van der Waals surface area (Å²) in [5.41, 5.74) is -0.656. The number of carbonyl (C=O) groups is 1. The maximum Gasteiger partial charge on any atom is 0.337 e. The molecule has 0 spiro atoms. The summed E-state index contributed by atoms with van der Waals surface area (Å²) in [5.74, 6) is -2.80. The number of anilines is 1. The number of nitrogens with one attached hydrogen (secondary N) is 1. The number of rotatable bonds is 4. The molecule has 0 aliphatic heterocycles. The minimum absolute atomic E-state index is 0.0928. The molecule has 0 aliphatic carbocycles. The van der Waals surface area contributed by atoms with Gasteiger partial charge >= 0.3 is 5.97 Å². The van der Waals surface area contributed by atoms with Crippen LogP contribution in [-0.2, 0) is 10.0 Å². The quantitative estimate of drug-likeness (QED) is 0.883. The van der Waals surface area contributed by atoms with Gasteiger partial charge in [-0.3, -0.25) is 9.71 Å². The first-order valence-corrected chi connectivity index (χ1v) is 7.18. The first-order chi connectivity index (χ1) is 9.81. The lowest BCUT2D eigenvalue weighted by Crippen LogP contribution is -2.15. The molecule has 0 amide bonds. The van der Waals surface area contributed by atoms with Crippen molar-refractivity contribution in [3.63, 3.8) is 0 Å². The fraction of sp³-hybridized carbons (Fsp3) is 0. The number of hydrogen-bond acceptors (Lipinski definition) is 5. The number of halogens is 2. The second-order valence-corrected chi connectivity index (χ2v) is 5.83. The van der Waals surface area contributed by atoms with Crippen molar-refractivity contribution in [3.8, 4) is 0 Å². The number of nitrogens with zero attached hydrogens (tertiary/aromatic N) is 2. The number of hydrogen-bond donors (Lipinski definition) is 2. The standard InChI is InChI=1S/C11H7ClFN3O4S/c12-10-7(11(17)18)3-6(4-8(10)13)21(19,20)16-9-5-14-1-2-15-9/h1-5H,(H,15,16)(H,17,18). The van der Waals surface area contributed by atoms with Crippen LogP contribution in [0, 0.1) is 5.82 Å². The van der Waals surface area contributed by atoms with Crippen LogP contribution < -0.4 is 4.72 Å². The Balaban J connectivity index is 2.48. The largest absolute Gasteiger partial charge is 0.478 e. The Hall–Kier alpha value is -2.26. The minimum atomic E-state index is -4.22. The first kappa shape index (κ1) is 15.1. The summed E-state index contributed by atoms with van der Waals surface area (Å²) < 4.78 is 39.7. The van der Waals surface area contributed by atoms with E-state index >= 15 is 0 Å². The van der Waals surface area contributed by atoms with E-state index in [1.807, 2.05) is 4.72 Å². The van der Waals surface area contributed by atoms with Gasteiger partial charge in [0.05, 0.1) is 21.7 Å². The fourth-order valence-corrected chi connectivity index (χ4v) is 2.64. The van der Waals surface area contributed by atoms with Crippen LogP contribution >= 0.6 is 11.6 Å². The molecule has 0 atom stereocenters. The lowest BCUT2D eigenvalue weighted by molar-refractivity contribution is 0.0696. The lowest BCUT2D eigenvalue weighted by Gasteiger charge is -2.09. The zero-order valence-electron chi connectivity index (χ0n) is 10.1. The van der Waals surface area contributed by atoms with Crippen molar-refractivity contribution < 1.29 is 22.7 Å². The number of carboxylic acid groups (broad SMARTS) is 1. The minimum Gasteiger partial charge on any atom is -0.478 e. The second-order valence-electron chi connectivity index (χ2n) is 3.77. The highest BCUT2D eigenvalue weighted by atomic mass is 35.5. The van der Waals surface area contributed by atoms with E-state index in [0.717, 1.165) is 12.3 Å². The molecule has 0 bridgehead atoms. The van der Waals surface area contributed by atoms with Gasteiger partial charge in [0, 0.05) is 12.4 Å². The normalized spacial score (nSPS) is 11.1. The van der Waals surface area contributed by atoms with E-state index in [0.29, 0.717) is 6.07 Å². The highest BCUT2D eigenvalue weighted by molar-refractivity contribution is 7.92. The number of benzene rings is 1. The molecule has 0 saturated heterocycles. The monoisotopic (exact) mass is 331 g/mol. The van der Waals surface area contributed by atoms with E-state index in [1.165, 1.54) is 12.4 Å². The number of carboxylic acids is 1. The van der Waals surface area contributed by atoms with E-state index in [-0.39, 0.29) is 5.82 Å². The third-order valence-corrected chi connectivity index (χ3v) is 4.06. The Morgan fingerprint density at radius 3 is 2.62 bits per heavy atom. The molecule has 2 aromatic rings. The van der Waals surface area contributed by atoms with Crippen molar-refractivity contribution in [1.29, 1.82) is 0 Å². The molecule has 21 heavy (non-hydrogen) atoms.